The molecular formula is C23H22ClFN2O3. The van der Waals surface area contributed by atoms with E-state index in [0.717, 1.165) is 5.56 Å². The van der Waals surface area contributed by atoms with E-state index >= 15 is 0 Å². The zero-order valence-corrected chi connectivity index (χ0v) is 17.3. The quantitative estimate of drug-likeness (QED) is 0.633. The fraction of sp³-hybridized carbons (Fsp3) is 0.304. The van der Waals surface area contributed by atoms with E-state index in [9.17, 15) is 14.3 Å². The number of benzene rings is 2. The van der Waals surface area contributed by atoms with Crippen molar-refractivity contribution in [2.24, 2.45) is 5.92 Å². The van der Waals surface area contributed by atoms with Gasteiger partial charge in [-0.05, 0) is 43.4 Å². The number of carbonyl (C=O) groups is 1. The molecule has 1 fully saturated rings. The molecule has 1 atom stereocenters. The van der Waals surface area contributed by atoms with Gasteiger partial charge >= 0.3 is 0 Å². The van der Waals surface area contributed by atoms with Crippen LogP contribution in [0, 0.1) is 18.7 Å². The average Bonchev–Trinajstić information content (AvgIpc) is 3.14. The molecule has 1 unspecified atom stereocenters. The summed E-state index contributed by atoms with van der Waals surface area (Å²) < 4.78 is 19.6. The van der Waals surface area contributed by atoms with Crippen LogP contribution in [0.1, 0.15) is 40.6 Å². The lowest BCUT2D eigenvalue weighted by atomic mass is 9.87. The number of nitrogens with zero attached hydrogens (tertiary/aromatic N) is 2. The second kappa shape index (κ2) is 8.58. The fourth-order valence-electron chi connectivity index (χ4n) is 4.02. The minimum Gasteiger partial charge on any atom is -0.388 e. The van der Waals surface area contributed by atoms with Crippen LogP contribution in [0.4, 0.5) is 4.39 Å². The molecule has 3 aromatic rings. The molecule has 156 valence electrons. The molecule has 0 spiro atoms. The van der Waals surface area contributed by atoms with Crippen LogP contribution < -0.4 is 0 Å². The Morgan fingerprint density at radius 1 is 1.20 bits per heavy atom. The summed E-state index contributed by atoms with van der Waals surface area (Å²) in [7, 11) is 0. The van der Waals surface area contributed by atoms with Gasteiger partial charge in [-0.1, -0.05) is 53.2 Å². The van der Waals surface area contributed by atoms with Crippen LogP contribution in [-0.4, -0.2) is 34.2 Å². The molecule has 1 amide bonds. The number of aliphatic hydroxyl groups excluding tert-OH is 1. The first-order valence-electron chi connectivity index (χ1n) is 9.90. The van der Waals surface area contributed by atoms with Crippen LogP contribution in [0.15, 0.2) is 53.1 Å². The lowest BCUT2D eigenvalue weighted by Gasteiger charge is -2.34. The van der Waals surface area contributed by atoms with Crippen LogP contribution in [0.3, 0.4) is 0 Å². The maximum Gasteiger partial charge on any atom is 0.259 e. The summed E-state index contributed by atoms with van der Waals surface area (Å²) in [5.41, 5.74) is 1.29. The number of amides is 1. The molecule has 5 nitrogen and oxygen atoms in total. The molecule has 7 heteroatoms. The third-order valence-corrected chi connectivity index (χ3v) is 6.01. The Hall–Kier alpha value is -2.70. The van der Waals surface area contributed by atoms with E-state index in [4.69, 9.17) is 16.1 Å². The summed E-state index contributed by atoms with van der Waals surface area (Å²) in [6, 6.07) is 13.9. The Labute approximate surface area is 179 Å². The van der Waals surface area contributed by atoms with Gasteiger partial charge in [-0.25, -0.2) is 4.39 Å². The predicted octanol–water partition coefficient (Wildman–Crippen LogP) is 5.03. The first-order chi connectivity index (χ1) is 14.5. The Kier molecular flexibility index (Phi) is 5.88. The van der Waals surface area contributed by atoms with Crippen LogP contribution >= 0.6 is 11.6 Å². The van der Waals surface area contributed by atoms with Crippen LogP contribution in [-0.2, 0) is 0 Å². The van der Waals surface area contributed by atoms with E-state index < -0.39 is 11.9 Å². The number of carbonyl (C=O) groups excluding carboxylic acids is 1. The summed E-state index contributed by atoms with van der Waals surface area (Å²) in [6.45, 7) is 2.61. The Morgan fingerprint density at radius 3 is 2.57 bits per heavy atom. The Morgan fingerprint density at radius 2 is 1.90 bits per heavy atom. The number of rotatable bonds is 4. The van der Waals surface area contributed by atoms with E-state index in [2.05, 4.69) is 5.16 Å². The first-order valence-corrected chi connectivity index (χ1v) is 10.3. The van der Waals surface area contributed by atoms with Crippen molar-refractivity contribution < 1.29 is 18.8 Å². The Bertz CT molecular complexity index is 1030. The van der Waals surface area contributed by atoms with Crippen molar-refractivity contribution in [3.8, 4) is 11.3 Å². The molecule has 2 heterocycles. The number of piperidine rings is 1. The minimum absolute atomic E-state index is 0.0637. The zero-order valence-electron chi connectivity index (χ0n) is 16.5. The predicted molar refractivity (Wildman–Crippen MR) is 112 cm³/mol. The van der Waals surface area contributed by atoms with E-state index in [0.29, 0.717) is 31.7 Å². The van der Waals surface area contributed by atoms with Gasteiger partial charge in [-0.3, -0.25) is 4.79 Å². The van der Waals surface area contributed by atoms with Gasteiger partial charge in [0.2, 0.25) is 0 Å². The molecule has 1 aromatic heterocycles. The Balaban J connectivity index is 1.53. The van der Waals surface area contributed by atoms with Crippen molar-refractivity contribution in [1.82, 2.24) is 10.1 Å². The first kappa shape index (κ1) is 20.6. The average molecular weight is 429 g/mol. The van der Waals surface area contributed by atoms with Crippen molar-refractivity contribution in [3.05, 3.63) is 76.3 Å². The molecular weight excluding hydrogens is 407 g/mol. The number of likely N-dealkylation sites (tertiary alicyclic amines) is 1. The highest BCUT2D eigenvalue weighted by atomic mass is 35.5. The van der Waals surface area contributed by atoms with Crippen molar-refractivity contribution in [3.63, 3.8) is 0 Å². The fourth-order valence-corrected chi connectivity index (χ4v) is 4.27. The van der Waals surface area contributed by atoms with Crippen LogP contribution in [0.5, 0.6) is 0 Å². The van der Waals surface area contributed by atoms with Crippen LogP contribution in [0.25, 0.3) is 11.3 Å². The lowest BCUT2D eigenvalue weighted by molar-refractivity contribution is 0.0461. The molecule has 0 bridgehead atoms. The standard InChI is InChI=1S/C23H22ClFN2O3/c1-14-19(21(26-30-14)20-17(24)8-5-9-18(20)25)23(29)27-12-10-16(11-13-27)22(28)15-6-3-2-4-7-15/h2-9,16,22,28H,10-13H2,1H3. The van der Waals surface area contributed by atoms with Gasteiger partial charge in [-0.2, -0.15) is 0 Å². The molecule has 1 aliphatic heterocycles. The SMILES string of the molecule is Cc1onc(-c2c(F)cccc2Cl)c1C(=O)N1CCC(C(O)c2ccccc2)CC1. The topological polar surface area (TPSA) is 66.6 Å². The van der Waals surface area contributed by atoms with Crippen molar-refractivity contribution in [1.29, 1.82) is 0 Å². The van der Waals surface area contributed by atoms with E-state index in [-0.39, 0.29) is 33.7 Å². The minimum atomic E-state index is -0.562. The maximum absolute atomic E-state index is 14.4. The van der Waals surface area contributed by atoms with E-state index in [1.165, 1.54) is 12.1 Å². The van der Waals surface area contributed by atoms with Gasteiger partial charge in [0.25, 0.3) is 5.91 Å². The third-order valence-electron chi connectivity index (χ3n) is 5.69. The summed E-state index contributed by atoms with van der Waals surface area (Å²) in [5, 5.41) is 14.8. The second-order valence-corrected chi connectivity index (χ2v) is 7.95. The van der Waals surface area contributed by atoms with Gasteiger partial charge in [-0.15, -0.1) is 0 Å². The smallest absolute Gasteiger partial charge is 0.259 e. The molecule has 2 aromatic carbocycles. The number of aromatic nitrogens is 1. The number of halogens is 2. The molecule has 0 saturated carbocycles. The third kappa shape index (κ3) is 3.85. The highest BCUT2D eigenvalue weighted by Crippen LogP contribution is 2.35. The number of hydrogen-bond donors (Lipinski definition) is 1. The summed E-state index contributed by atoms with van der Waals surface area (Å²) >= 11 is 6.17. The number of hydrogen-bond acceptors (Lipinski definition) is 4. The molecule has 1 aliphatic rings. The molecule has 30 heavy (non-hydrogen) atoms. The molecule has 0 radical (unpaired) electrons. The van der Waals surface area contributed by atoms with Gasteiger partial charge in [0.15, 0.2) is 0 Å². The molecule has 0 aliphatic carbocycles. The molecule has 1 saturated heterocycles. The van der Waals surface area contributed by atoms with Gasteiger partial charge in [0.05, 0.1) is 16.7 Å². The monoisotopic (exact) mass is 428 g/mol. The van der Waals surface area contributed by atoms with Crippen molar-refractivity contribution in [2.75, 3.05) is 13.1 Å². The maximum atomic E-state index is 14.4. The number of aliphatic hydroxyl groups is 1. The number of aryl methyl sites for hydroxylation is 1. The zero-order chi connectivity index (χ0) is 21.3. The van der Waals surface area contributed by atoms with Crippen molar-refractivity contribution in [2.45, 2.75) is 25.9 Å². The van der Waals surface area contributed by atoms with Gasteiger partial charge < -0.3 is 14.5 Å². The summed E-state index contributed by atoms with van der Waals surface area (Å²) in [4.78, 5) is 14.9. The molecule has 4 rings (SSSR count). The van der Waals surface area contributed by atoms with Gasteiger partial charge in [0, 0.05) is 13.1 Å². The normalized spacial score (nSPS) is 15.9. The highest BCUT2D eigenvalue weighted by Gasteiger charge is 2.32. The molecule has 1 N–H and O–H groups in total. The largest absolute Gasteiger partial charge is 0.388 e. The lowest BCUT2D eigenvalue weighted by Crippen LogP contribution is -2.40. The summed E-state index contributed by atoms with van der Waals surface area (Å²) in [5.74, 6) is -0.438. The second-order valence-electron chi connectivity index (χ2n) is 7.54. The summed E-state index contributed by atoms with van der Waals surface area (Å²) in [6.07, 6.45) is 0.776. The van der Waals surface area contributed by atoms with Gasteiger partial charge in [0.1, 0.15) is 22.8 Å². The van der Waals surface area contributed by atoms with Crippen molar-refractivity contribution >= 4 is 17.5 Å². The van der Waals surface area contributed by atoms with Crippen LogP contribution in [0.2, 0.25) is 5.02 Å². The van der Waals surface area contributed by atoms with E-state index in [1.54, 1.807) is 17.9 Å². The highest BCUT2D eigenvalue weighted by molar-refractivity contribution is 6.33. The van der Waals surface area contributed by atoms with E-state index in [1.807, 2.05) is 30.3 Å².